The number of carbonyl (C=O) groups is 1. The zero-order valence-corrected chi connectivity index (χ0v) is 18.0. The van der Waals surface area contributed by atoms with Crippen LogP contribution in [0.1, 0.15) is 39.4 Å². The molecule has 1 aliphatic rings. The van der Waals surface area contributed by atoms with Crippen LogP contribution in [0.5, 0.6) is 0 Å². The molecule has 1 fully saturated rings. The summed E-state index contributed by atoms with van der Waals surface area (Å²) < 4.78 is 0. The van der Waals surface area contributed by atoms with E-state index < -0.39 is 0 Å². The second kappa shape index (κ2) is 7.96. The zero-order valence-electron chi connectivity index (χ0n) is 17.2. The Kier molecular flexibility index (Phi) is 5.13. The second-order valence-corrected chi connectivity index (χ2v) is 9.14. The lowest BCUT2D eigenvalue weighted by atomic mass is 9.96. The number of hydrogen-bond donors (Lipinski definition) is 1. The molecule has 154 valence electrons. The van der Waals surface area contributed by atoms with Crippen molar-refractivity contribution in [2.75, 3.05) is 0 Å². The van der Waals surface area contributed by atoms with Crippen LogP contribution >= 0.6 is 11.6 Å². The number of ketones is 1. The van der Waals surface area contributed by atoms with Crippen LogP contribution in [0.3, 0.4) is 0 Å². The van der Waals surface area contributed by atoms with Crippen molar-refractivity contribution in [1.82, 2.24) is 0 Å². The van der Waals surface area contributed by atoms with Gasteiger partial charge in [-0.1, -0.05) is 90.5 Å². The third-order valence-corrected chi connectivity index (χ3v) is 6.59. The maximum Gasteiger partial charge on any atom is 0.167 e. The minimum atomic E-state index is -0.194. The summed E-state index contributed by atoms with van der Waals surface area (Å²) in [6.45, 7) is 0. The summed E-state index contributed by atoms with van der Waals surface area (Å²) in [4.78, 5) is 12.5. The Balaban J connectivity index is 1.25. The highest BCUT2D eigenvalue weighted by molar-refractivity contribution is 6.31. The van der Waals surface area contributed by atoms with E-state index in [4.69, 9.17) is 17.3 Å². The predicted octanol–water partition coefficient (Wildman–Crippen LogP) is 6.35. The van der Waals surface area contributed by atoms with Gasteiger partial charge in [-0.05, 0) is 52.4 Å². The van der Waals surface area contributed by atoms with Gasteiger partial charge >= 0.3 is 0 Å². The number of Topliss-reactive ketones (excluding diaryl/α,β-unsaturated/α-hetero) is 1. The molecule has 0 unspecified atom stereocenters. The maximum absolute atomic E-state index is 12.5. The van der Waals surface area contributed by atoms with Gasteiger partial charge in [-0.2, -0.15) is 0 Å². The molecule has 4 aromatic rings. The van der Waals surface area contributed by atoms with Crippen molar-refractivity contribution in [3.63, 3.8) is 0 Å². The minimum absolute atomic E-state index is 0.0751. The smallest absolute Gasteiger partial charge is 0.167 e. The highest BCUT2D eigenvalue weighted by atomic mass is 35.5. The average Bonchev–Trinajstić information content (AvgIpc) is 3.44. The highest BCUT2D eigenvalue weighted by Crippen LogP contribution is 2.51. The Morgan fingerprint density at radius 3 is 2.39 bits per heavy atom. The first-order chi connectivity index (χ1) is 15.0. The number of nitrogens with two attached hydrogens (primary N) is 1. The molecule has 31 heavy (non-hydrogen) atoms. The fourth-order valence-corrected chi connectivity index (χ4v) is 4.70. The summed E-state index contributed by atoms with van der Waals surface area (Å²) in [5.41, 5.74) is 10.7. The molecule has 0 aromatic heterocycles. The van der Waals surface area contributed by atoms with E-state index in [-0.39, 0.29) is 11.3 Å². The molecule has 0 amide bonds. The monoisotopic (exact) mass is 425 g/mol. The molecule has 2 nitrogen and oxygen atoms in total. The SMILES string of the molecule is N[C@]1(Cc2ccc3ccccc3c2)C[C@H]1c1ccc(CC(=O)c2cccc(Cl)c2)cc1. The summed E-state index contributed by atoms with van der Waals surface area (Å²) in [5.74, 6) is 0.433. The molecule has 1 aliphatic carbocycles. The van der Waals surface area contributed by atoms with Crippen molar-refractivity contribution in [3.05, 3.63) is 118 Å². The van der Waals surface area contributed by atoms with E-state index in [1.54, 1.807) is 12.1 Å². The summed E-state index contributed by atoms with van der Waals surface area (Å²) in [7, 11) is 0. The van der Waals surface area contributed by atoms with Crippen LogP contribution in [0.25, 0.3) is 10.8 Å². The Bertz CT molecular complexity index is 1260. The van der Waals surface area contributed by atoms with E-state index in [9.17, 15) is 4.79 Å². The molecule has 4 aromatic carbocycles. The molecular formula is C28H24ClNO. The lowest BCUT2D eigenvalue weighted by molar-refractivity contribution is 0.0993. The fourth-order valence-electron chi connectivity index (χ4n) is 4.51. The molecule has 0 radical (unpaired) electrons. The third-order valence-electron chi connectivity index (χ3n) is 6.36. The van der Waals surface area contributed by atoms with Gasteiger partial charge in [0.15, 0.2) is 5.78 Å². The molecular weight excluding hydrogens is 402 g/mol. The third kappa shape index (κ3) is 4.27. The van der Waals surface area contributed by atoms with Gasteiger partial charge in [-0.25, -0.2) is 0 Å². The largest absolute Gasteiger partial charge is 0.324 e. The highest BCUT2D eigenvalue weighted by Gasteiger charge is 2.51. The first kappa shape index (κ1) is 20.0. The number of carbonyl (C=O) groups excluding carboxylic acids is 1. The van der Waals surface area contributed by atoms with Gasteiger partial charge in [0, 0.05) is 28.5 Å². The number of rotatable bonds is 6. The van der Waals surface area contributed by atoms with Crippen molar-refractivity contribution in [2.24, 2.45) is 5.73 Å². The standard InChI is InChI=1S/C28H24ClNO/c29-25-7-3-6-24(16-25)27(31)15-19-8-12-22(13-9-19)26-18-28(26,30)17-20-10-11-21-4-1-2-5-23(21)14-20/h1-14,16,26H,15,17-18,30H2/t26-,28+/m0/s1. The molecule has 0 spiro atoms. The van der Waals surface area contributed by atoms with Gasteiger partial charge in [0.05, 0.1) is 0 Å². The number of fused-ring (bicyclic) bond motifs is 1. The Morgan fingerprint density at radius 2 is 1.61 bits per heavy atom. The maximum atomic E-state index is 12.5. The van der Waals surface area contributed by atoms with Crippen molar-refractivity contribution in [1.29, 1.82) is 0 Å². The fraction of sp³-hybridized carbons (Fsp3) is 0.179. The summed E-state index contributed by atoms with van der Waals surface area (Å²) >= 11 is 6.00. The van der Waals surface area contributed by atoms with Crippen LogP contribution in [0.15, 0.2) is 91.0 Å². The first-order valence-corrected chi connectivity index (χ1v) is 11.0. The van der Waals surface area contributed by atoms with Gasteiger partial charge < -0.3 is 5.73 Å². The van der Waals surface area contributed by atoms with Gasteiger partial charge in [0.25, 0.3) is 0 Å². The topological polar surface area (TPSA) is 43.1 Å². The molecule has 1 saturated carbocycles. The van der Waals surface area contributed by atoms with Gasteiger partial charge in [0.2, 0.25) is 0 Å². The van der Waals surface area contributed by atoms with E-state index >= 15 is 0 Å². The van der Waals surface area contributed by atoms with E-state index in [1.807, 2.05) is 24.3 Å². The Labute approximate surface area is 187 Å². The molecule has 0 aliphatic heterocycles. The molecule has 0 bridgehead atoms. The van der Waals surface area contributed by atoms with E-state index in [0.717, 1.165) is 18.4 Å². The number of benzene rings is 4. The molecule has 0 saturated heterocycles. The van der Waals surface area contributed by atoms with Crippen LogP contribution in [-0.4, -0.2) is 11.3 Å². The lowest BCUT2D eigenvalue weighted by Crippen LogP contribution is -2.27. The van der Waals surface area contributed by atoms with E-state index in [2.05, 4.69) is 54.6 Å². The molecule has 3 heteroatoms. The number of halogens is 1. The van der Waals surface area contributed by atoms with Crippen LogP contribution in [-0.2, 0) is 12.8 Å². The van der Waals surface area contributed by atoms with Crippen LogP contribution in [0.4, 0.5) is 0 Å². The van der Waals surface area contributed by atoms with Crippen molar-refractivity contribution in [3.8, 4) is 0 Å². The van der Waals surface area contributed by atoms with Crippen molar-refractivity contribution in [2.45, 2.75) is 30.7 Å². The summed E-state index contributed by atoms with van der Waals surface area (Å²) in [6.07, 6.45) is 2.23. The van der Waals surface area contributed by atoms with Gasteiger partial charge in [-0.3, -0.25) is 4.79 Å². The molecule has 5 rings (SSSR count). The predicted molar refractivity (Wildman–Crippen MR) is 128 cm³/mol. The van der Waals surface area contributed by atoms with Crippen LogP contribution in [0.2, 0.25) is 5.02 Å². The van der Waals surface area contributed by atoms with E-state index in [0.29, 0.717) is 22.9 Å². The quantitative estimate of drug-likeness (QED) is 0.366. The van der Waals surface area contributed by atoms with E-state index in [1.165, 1.54) is 21.9 Å². The van der Waals surface area contributed by atoms with Crippen LogP contribution in [0, 0.1) is 0 Å². The lowest BCUT2D eigenvalue weighted by Gasteiger charge is -2.13. The summed E-state index contributed by atoms with van der Waals surface area (Å²) in [6, 6.07) is 30.5. The Hall–Kier alpha value is -2.94. The minimum Gasteiger partial charge on any atom is -0.324 e. The molecule has 2 N–H and O–H groups in total. The van der Waals surface area contributed by atoms with Crippen molar-refractivity contribution < 1.29 is 4.79 Å². The Morgan fingerprint density at radius 1 is 0.871 bits per heavy atom. The first-order valence-electron chi connectivity index (χ1n) is 10.6. The van der Waals surface area contributed by atoms with Gasteiger partial charge in [0.1, 0.15) is 0 Å². The molecule has 0 heterocycles. The number of hydrogen-bond acceptors (Lipinski definition) is 2. The summed E-state index contributed by atoms with van der Waals surface area (Å²) in [5, 5.41) is 3.10. The average molecular weight is 426 g/mol. The second-order valence-electron chi connectivity index (χ2n) is 8.70. The molecule has 2 atom stereocenters. The van der Waals surface area contributed by atoms with Crippen molar-refractivity contribution >= 4 is 28.2 Å². The van der Waals surface area contributed by atoms with Gasteiger partial charge in [-0.15, -0.1) is 0 Å². The normalized spacial score (nSPS) is 20.0. The van der Waals surface area contributed by atoms with Crippen LogP contribution < -0.4 is 5.73 Å². The zero-order chi connectivity index (χ0) is 21.4.